The molecule has 0 N–H and O–H groups in total. The zero-order chi connectivity index (χ0) is 53.6. The lowest BCUT2D eigenvalue weighted by Crippen LogP contribution is -2.55. The van der Waals surface area contributed by atoms with Crippen molar-refractivity contribution in [2.45, 2.75) is 0 Å². The van der Waals surface area contributed by atoms with E-state index in [-0.39, 0.29) is 0 Å². The van der Waals surface area contributed by atoms with Crippen molar-refractivity contribution in [2.75, 3.05) is 0 Å². The molecule has 0 bridgehead atoms. The topological polar surface area (TPSA) is 82.3 Å². The standard InChI is InChI=1S/C54H50B15N7/c55-34-31(35(56)41(62)46(67)40(34)61)52-71-49(22-11-5-2-6-12-22)70-50(72-52)24-16-18-30(76-28-14-8-7-13-25(28)26-19-23(15-17-29(26)76)21-9-3-1-4-10-21)27(20-24)51-73-53(32-36(57)42(63)47(68)43(64)37(32)58)75-54(74-51)33-38(59)44(65)48(69)45(66)39(33)60/h1-20H,55-69H2. The minimum Gasteiger partial charge on any atom is -0.309 e. The summed E-state index contributed by atoms with van der Waals surface area (Å²) in [6.07, 6.45) is 0. The Kier molecular flexibility index (Phi) is 13.1. The smallest absolute Gasteiger partial charge is 0.166 e. The first-order valence-electron chi connectivity index (χ1n) is 26.5. The molecule has 11 aromatic rings. The zero-order valence-electron chi connectivity index (χ0n) is 46.7. The summed E-state index contributed by atoms with van der Waals surface area (Å²) in [4.78, 5) is 32.9. The van der Waals surface area contributed by atoms with Gasteiger partial charge in [-0.15, -0.1) is 49.2 Å². The van der Waals surface area contributed by atoms with E-state index in [0.717, 1.165) is 88.3 Å². The molecule has 346 valence electrons. The van der Waals surface area contributed by atoms with Crippen LogP contribution in [0.15, 0.2) is 121 Å². The Bertz CT molecular complexity index is 4080. The first kappa shape index (κ1) is 50.7. The molecule has 0 aliphatic carbocycles. The quantitative estimate of drug-likeness (QED) is 0.141. The first-order chi connectivity index (χ1) is 36.4. The largest absolute Gasteiger partial charge is 0.309 e. The average Bonchev–Trinajstić information content (AvgIpc) is 3.78. The average molecular weight is 959 g/mol. The summed E-state index contributed by atoms with van der Waals surface area (Å²) in [5.41, 5.74) is 29.3. The van der Waals surface area contributed by atoms with Crippen LogP contribution in [0, 0.1) is 0 Å². The summed E-state index contributed by atoms with van der Waals surface area (Å²) < 4.78 is 2.38. The third kappa shape index (κ3) is 8.31. The van der Waals surface area contributed by atoms with Gasteiger partial charge in [0.15, 0.2) is 34.9 Å². The Labute approximate surface area is 459 Å². The number of rotatable bonds is 8. The summed E-state index contributed by atoms with van der Waals surface area (Å²) in [5.74, 6) is 3.66. The van der Waals surface area contributed by atoms with Gasteiger partial charge in [-0.1, -0.05) is 118 Å². The number of benzene rings is 8. The maximum Gasteiger partial charge on any atom is 0.166 e. The molecular formula is C54H50B15N7. The molecular weight excluding hydrogens is 909 g/mol. The van der Waals surface area contributed by atoms with Crippen LogP contribution in [0.4, 0.5) is 0 Å². The Morgan fingerprint density at radius 3 is 1.09 bits per heavy atom. The van der Waals surface area contributed by atoms with E-state index in [9.17, 15) is 0 Å². The van der Waals surface area contributed by atoms with E-state index < -0.39 is 0 Å². The third-order valence-electron chi connectivity index (χ3n) is 17.5. The highest BCUT2D eigenvalue weighted by molar-refractivity contribution is 6.71. The van der Waals surface area contributed by atoms with Crippen LogP contribution < -0.4 is 81.9 Å². The molecule has 0 spiro atoms. The molecule has 11 rings (SSSR count). The molecule has 0 aliphatic heterocycles. The molecule has 0 atom stereocenters. The van der Waals surface area contributed by atoms with Crippen LogP contribution in [0.2, 0.25) is 0 Å². The molecule has 3 aromatic heterocycles. The van der Waals surface area contributed by atoms with Gasteiger partial charge in [-0.25, -0.2) is 29.9 Å². The van der Waals surface area contributed by atoms with Crippen LogP contribution in [0.25, 0.3) is 107 Å². The van der Waals surface area contributed by atoms with Gasteiger partial charge in [-0.05, 0) is 47.5 Å². The number of fused-ring (bicyclic) bond motifs is 3. The fourth-order valence-electron chi connectivity index (χ4n) is 11.7. The van der Waals surface area contributed by atoms with Crippen molar-refractivity contribution in [3.8, 4) is 85.1 Å². The zero-order valence-corrected chi connectivity index (χ0v) is 46.7. The highest BCUT2D eigenvalue weighted by Gasteiger charge is 2.26. The molecule has 22 heteroatoms. The highest BCUT2D eigenvalue weighted by atomic mass is 15.1. The summed E-state index contributed by atoms with van der Waals surface area (Å²) in [6.45, 7) is 0. The maximum atomic E-state index is 5.67. The molecule has 0 saturated heterocycles. The lowest BCUT2D eigenvalue weighted by atomic mass is 9.60. The van der Waals surface area contributed by atoms with Gasteiger partial charge in [0.1, 0.15) is 118 Å². The van der Waals surface area contributed by atoms with Crippen molar-refractivity contribution in [2.24, 2.45) is 0 Å². The number of nitrogens with zero attached hydrogens (tertiary/aromatic N) is 7. The lowest BCUT2D eigenvalue weighted by Gasteiger charge is -2.22. The fourth-order valence-corrected chi connectivity index (χ4v) is 11.7. The molecule has 8 aromatic carbocycles. The van der Waals surface area contributed by atoms with E-state index in [4.69, 9.17) is 29.9 Å². The van der Waals surface area contributed by atoms with Gasteiger partial charge in [-0.3, -0.25) is 0 Å². The number of hydrogen-bond acceptors (Lipinski definition) is 6. The van der Waals surface area contributed by atoms with Crippen LogP contribution in [0.1, 0.15) is 0 Å². The Hall–Kier alpha value is -7.45. The normalized spacial score (nSPS) is 11.4. The predicted octanol–water partition coefficient (Wildman–Crippen LogP) is -13.3. The second-order valence-electron chi connectivity index (χ2n) is 21.2. The SMILES string of the molecule is Bc1c(B)c(B)c(-c2nc(-c3ccccc3)nc(-c3ccc(-n4c5ccccc5c5cc(-c6ccccc6)ccc54)c(-c4nc(-c5c(B)c(B)c(B)c(B)c5B)nc(-c5c(B)c(B)c(B)c(B)c5B)n4)c3)n2)c(B)c1B. The van der Waals surface area contributed by atoms with Crippen molar-refractivity contribution in [1.29, 1.82) is 0 Å². The van der Waals surface area contributed by atoms with E-state index >= 15 is 0 Å². The van der Waals surface area contributed by atoms with Crippen LogP contribution in [0.5, 0.6) is 0 Å². The van der Waals surface area contributed by atoms with E-state index in [1.165, 1.54) is 65.7 Å². The van der Waals surface area contributed by atoms with Gasteiger partial charge in [-0.2, -0.15) is 0 Å². The Morgan fingerprint density at radius 2 is 0.605 bits per heavy atom. The van der Waals surface area contributed by atoms with Gasteiger partial charge < -0.3 is 4.57 Å². The summed E-state index contributed by atoms with van der Waals surface area (Å²) >= 11 is 0. The van der Waals surface area contributed by atoms with Gasteiger partial charge in [0.05, 0.1) is 16.7 Å². The van der Waals surface area contributed by atoms with Gasteiger partial charge in [0, 0.05) is 44.2 Å². The van der Waals surface area contributed by atoms with Crippen LogP contribution >= 0.6 is 0 Å². The second-order valence-corrected chi connectivity index (χ2v) is 21.2. The molecule has 0 amide bonds. The fraction of sp³-hybridized carbons (Fsp3) is 0. The first-order valence-corrected chi connectivity index (χ1v) is 26.5. The van der Waals surface area contributed by atoms with E-state index in [2.05, 4.69) is 225 Å². The van der Waals surface area contributed by atoms with Gasteiger partial charge in [0.25, 0.3) is 0 Å². The molecule has 0 aliphatic rings. The van der Waals surface area contributed by atoms with Crippen LogP contribution in [0.3, 0.4) is 0 Å². The monoisotopic (exact) mass is 962 g/mol. The lowest BCUT2D eigenvalue weighted by molar-refractivity contribution is 1.06. The molecule has 0 radical (unpaired) electrons. The summed E-state index contributed by atoms with van der Waals surface area (Å²) in [5, 5.41) is 2.31. The van der Waals surface area contributed by atoms with Crippen LogP contribution in [-0.4, -0.2) is 152 Å². The van der Waals surface area contributed by atoms with Crippen molar-refractivity contribution >= 4 is 221 Å². The van der Waals surface area contributed by atoms with Gasteiger partial charge in [0.2, 0.25) is 0 Å². The predicted molar refractivity (Wildman–Crippen MR) is 368 cm³/mol. The third-order valence-corrected chi connectivity index (χ3v) is 17.5. The molecule has 0 saturated carbocycles. The van der Waals surface area contributed by atoms with Crippen molar-refractivity contribution in [3.05, 3.63) is 121 Å². The number of para-hydroxylation sites is 1. The molecule has 7 nitrogen and oxygen atoms in total. The second kappa shape index (κ2) is 19.6. The molecule has 76 heavy (non-hydrogen) atoms. The minimum absolute atomic E-state index is 0.557. The molecule has 0 fully saturated rings. The summed E-state index contributed by atoms with van der Waals surface area (Å²) in [7, 11) is 33.1. The number of aromatic nitrogens is 7. The maximum absolute atomic E-state index is 5.67. The van der Waals surface area contributed by atoms with E-state index in [0.29, 0.717) is 34.9 Å². The van der Waals surface area contributed by atoms with Gasteiger partial charge >= 0.3 is 0 Å². The van der Waals surface area contributed by atoms with E-state index in [1.807, 2.05) is 18.2 Å². The molecule has 0 unspecified atom stereocenters. The minimum atomic E-state index is 0.557. The Morgan fingerprint density at radius 1 is 0.250 bits per heavy atom. The molecule has 3 heterocycles. The van der Waals surface area contributed by atoms with Crippen LogP contribution in [-0.2, 0) is 0 Å². The van der Waals surface area contributed by atoms with Crippen molar-refractivity contribution < 1.29 is 0 Å². The van der Waals surface area contributed by atoms with E-state index in [1.54, 1.807) is 0 Å². The Balaban J connectivity index is 1.27. The summed E-state index contributed by atoms with van der Waals surface area (Å²) in [6, 6.07) is 42.9. The highest BCUT2D eigenvalue weighted by Crippen LogP contribution is 2.39. The van der Waals surface area contributed by atoms with Crippen molar-refractivity contribution in [3.63, 3.8) is 0 Å². The van der Waals surface area contributed by atoms with Crippen molar-refractivity contribution in [1.82, 2.24) is 34.5 Å². The number of hydrogen-bond donors (Lipinski definition) is 0.